The first-order chi connectivity index (χ1) is 9.78. The van der Waals surface area contributed by atoms with Gasteiger partial charge in [0.15, 0.2) is 0 Å². The van der Waals surface area contributed by atoms with Gasteiger partial charge in [0.05, 0.1) is 18.2 Å². The Morgan fingerprint density at radius 2 is 1.80 bits per heavy atom. The van der Waals surface area contributed by atoms with Gasteiger partial charge in [0.25, 0.3) is 0 Å². The standard InChI is InChI=1S/C16H26N2O2/c19-16(18-14-9-13-6-7-15(14)20-13)17-12-3-1-2-11(8-12)10-4-5-10/h10-15H,1-9H2,(H2,17,18,19). The van der Waals surface area contributed by atoms with Gasteiger partial charge < -0.3 is 15.4 Å². The highest BCUT2D eigenvalue weighted by Gasteiger charge is 2.41. The minimum Gasteiger partial charge on any atom is -0.373 e. The molecular formula is C16H26N2O2. The molecule has 4 nitrogen and oxygen atoms in total. The van der Waals surface area contributed by atoms with E-state index in [1.165, 1.54) is 38.5 Å². The van der Waals surface area contributed by atoms with Gasteiger partial charge in [-0.2, -0.15) is 0 Å². The highest BCUT2D eigenvalue weighted by atomic mass is 16.5. The van der Waals surface area contributed by atoms with Gasteiger partial charge in [-0.1, -0.05) is 12.8 Å². The van der Waals surface area contributed by atoms with Gasteiger partial charge in [-0.05, 0) is 56.8 Å². The van der Waals surface area contributed by atoms with E-state index < -0.39 is 0 Å². The lowest BCUT2D eigenvalue weighted by atomic mass is 9.83. The number of hydrogen-bond acceptors (Lipinski definition) is 2. The van der Waals surface area contributed by atoms with Gasteiger partial charge in [0.1, 0.15) is 0 Å². The molecule has 2 aliphatic carbocycles. The molecule has 2 heterocycles. The van der Waals surface area contributed by atoms with Crippen molar-refractivity contribution in [2.75, 3.05) is 0 Å². The average Bonchev–Trinajstić information content (AvgIpc) is 3.10. The van der Waals surface area contributed by atoms with Crippen LogP contribution < -0.4 is 10.6 Å². The predicted octanol–water partition coefficient (Wildman–Crippen LogP) is 2.57. The topological polar surface area (TPSA) is 50.4 Å². The van der Waals surface area contributed by atoms with Crippen LogP contribution in [0.5, 0.6) is 0 Å². The van der Waals surface area contributed by atoms with Crippen molar-refractivity contribution in [1.29, 1.82) is 0 Å². The zero-order chi connectivity index (χ0) is 13.5. The van der Waals surface area contributed by atoms with E-state index >= 15 is 0 Å². The van der Waals surface area contributed by atoms with Crippen LogP contribution in [-0.4, -0.2) is 30.3 Å². The SMILES string of the molecule is O=C(NC1CCCC(C2CC2)C1)NC1CC2CCC1O2. The summed E-state index contributed by atoms with van der Waals surface area (Å²) >= 11 is 0. The number of carbonyl (C=O) groups excluding carboxylic acids is 1. The van der Waals surface area contributed by atoms with Gasteiger partial charge in [0, 0.05) is 6.04 Å². The molecule has 4 rings (SSSR count). The molecule has 0 aromatic carbocycles. The van der Waals surface area contributed by atoms with E-state index in [1.807, 2.05) is 0 Å². The molecule has 5 atom stereocenters. The monoisotopic (exact) mass is 278 g/mol. The van der Waals surface area contributed by atoms with E-state index in [-0.39, 0.29) is 18.2 Å². The summed E-state index contributed by atoms with van der Waals surface area (Å²) in [6.07, 6.45) is 11.8. The molecule has 0 radical (unpaired) electrons. The highest BCUT2D eigenvalue weighted by molar-refractivity contribution is 5.74. The molecule has 5 unspecified atom stereocenters. The number of rotatable bonds is 3. The van der Waals surface area contributed by atoms with Gasteiger partial charge >= 0.3 is 6.03 Å². The Bertz CT molecular complexity index is 383. The fourth-order valence-electron chi connectivity index (χ4n) is 4.54. The molecule has 2 bridgehead atoms. The van der Waals surface area contributed by atoms with E-state index in [1.54, 1.807) is 0 Å². The summed E-state index contributed by atoms with van der Waals surface area (Å²) in [5, 5.41) is 6.35. The van der Waals surface area contributed by atoms with Gasteiger partial charge in [-0.15, -0.1) is 0 Å². The van der Waals surface area contributed by atoms with Crippen LogP contribution in [0.3, 0.4) is 0 Å². The predicted molar refractivity (Wildman–Crippen MR) is 76.4 cm³/mol. The molecule has 0 spiro atoms. The largest absolute Gasteiger partial charge is 0.373 e. The van der Waals surface area contributed by atoms with Crippen LogP contribution in [0.15, 0.2) is 0 Å². The van der Waals surface area contributed by atoms with Crippen LogP contribution in [0.2, 0.25) is 0 Å². The van der Waals surface area contributed by atoms with Crippen molar-refractivity contribution in [3.05, 3.63) is 0 Å². The Morgan fingerprint density at radius 3 is 2.50 bits per heavy atom. The van der Waals surface area contributed by atoms with E-state index in [9.17, 15) is 4.79 Å². The fourth-order valence-corrected chi connectivity index (χ4v) is 4.54. The normalized spacial score (nSPS) is 43.5. The number of ether oxygens (including phenoxy) is 1. The van der Waals surface area contributed by atoms with Crippen molar-refractivity contribution >= 4 is 6.03 Å². The number of fused-ring (bicyclic) bond motifs is 2. The van der Waals surface area contributed by atoms with Crippen LogP contribution >= 0.6 is 0 Å². The second-order valence-electron chi connectivity index (χ2n) is 7.29. The van der Waals surface area contributed by atoms with E-state index in [4.69, 9.17) is 4.74 Å². The maximum absolute atomic E-state index is 12.2. The Morgan fingerprint density at radius 1 is 0.900 bits per heavy atom. The lowest BCUT2D eigenvalue weighted by molar-refractivity contribution is 0.0979. The molecular weight excluding hydrogens is 252 g/mol. The first-order valence-electron chi connectivity index (χ1n) is 8.50. The number of urea groups is 1. The molecule has 4 fully saturated rings. The Kier molecular flexibility index (Phi) is 3.37. The van der Waals surface area contributed by atoms with Crippen LogP contribution in [0.1, 0.15) is 57.8 Å². The second-order valence-corrected chi connectivity index (χ2v) is 7.29. The van der Waals surface area contributed by atoms with Gasteiger partial charge in [0.2, 0.25) is 0 Å². The number of amides is 2. The molecule has 112 valence electrons. The fraction of sp³-hybridized carbons (Fsp3) is 0.938. The Balaban J connectivity index is 1.25. The van der Waals surface area contributed by atoms with E-state index in [0.717, 1.165) is 31.1 Å². The van der Waals surface area contributed by atoms with Crippen molar-refractivity contribution in [1.82, 2.24) is 10.6 Å². The van der Waals surface area contributed by atoms with Crippen molar-refractivity contribution in [2.24, 2.45) is 11.8 Å². The van der Waals surface area contributed by atoms with Gasteiger partial charge in [-0.3, -0.25) is 0 Å². The lowest BCUT2D eigenvalue weighted by Gasteiger charge is -2.30. The molecule has 2 aliphatic heterocycles. The van der Waals surface area contributed by atoms with Crippen LogP contribution in [0.25, 0.3) is 0 Å². The third kappa shape index (κ3) is 2.67. The van der Waals surface area contributed by atoms with Crippen molar-refractivity contribution in [2.45, 2.75) is 82.1 Å². The summed E-state index contributed by atoms with van der Waals surface area (Å²) < 4.78 is 5.79. The Labute approximate surface area is 121 Å². The summed E-state index contributed by atoms with van der Waals surface area (Å²) in [6, 6.07) is 0.679. The van der Waals surface area contributed by atoms with Crippen molar-refractivity contribution < 1.29 is 9.53 Å². The van der Waals surface area contributed by atoms with Crippen LogP contribution in [-0.2, 0) is 4.74 Å². The molecule has 2 saturated heterocycles. The average molecular weight is 278 g/mol. The third-order valence-electron chi connectivity index (χ3n) is 5.76. The highest BCUT2D eigenvalue weighted by Crippen LogP contribution is 2.43. The third-order valence-corrected chi connectivity index (χ3v) is 5.76. The minimum atomic E-state index is 0.0348. The molecule has 0 aromatic heterocycles. The number of nitrogens with one attached hydrogen (secondary N) is 2. The van der Waals surface area contributed by atoms with Crippen LogP contribution in [0.4, 0.5) is 4.79 Å². The maximum atomic E-state index is 12.2. The number of hydrogen-bond donors (Lipinski definition) is 2. The molecule has 2 amide bonds. The van der Waals surface area contributed by atoms with Crippen molar-refractivity contribution in [3.8, 4) is 0 Å². The smallest absolute Gasteiger partial charge is 0.315 e. The van der Waals surface area contributed by atoms with Gasteiger partial charge in [-0.25, -0.2) is 4.79 Å². The van der Waals surface area contributed by atoms with E-state index in [0.29, 0.717) is 12.1 Å². The molecule has 20 heavy (non-hydrogen) atoms. The second kappa shape index (κ2) is 5.21. The zero-order valence-electron chi connectivity index (χ0n) is 12.1. The molecule has 0 aromatic rings. The van der Waals surface area contributed by atoms with Crippen molar-refractivity contribution in [3.63, 3.8) is 0 Å². The van der Waals surface area contributed by atoms with Crippen LogP contribution in [0, 0.1) is 11.8 Å². The Hall–Kier alpha value is -0.770. The number of carbonyl (C=O) groups is 1. The molecule has 2 saturated carbocycles. The summed E-state index contributed by atoms with van der Waals surface area (Å²) in [5.74, 6) is 1.85. The zero-order valence-corrected chi connectivity index (χ0v) is 12.1. The molecule has 4 aliphatic rings. The molecule has 4 heteroatoms. The minimum absolute atomic E-state index is 0.0348. The van der Waals surface area contributed by atoms with E-state index in [2.05, 4.69) is 10.6 Å². The summed E-state index contributed by atoms with van der Waals surface area (Å²) in [7, 11) is 0. The maximum Gasteiger partial charge on any atom is 0.315 e. The summed E-state index contributed by atoms with van der Waals surface area (Å²) in [5.41, 5.74) is 0. The quantitative estimate of drug-likeness (QED) is 0.833. The summed E-state index contributed by atoms with van der Waals surface area (Å²) in [6.45, 7) is 0. The first kappa shape index (κ1) is 12.9. The first-order valence-corrected chi connectivity index (χ1v) is 8.50. The molecule has 2 N–H and O–H groups in total. The lowest BCUT2D eigenvalue weighted by Crippen LogP contribution is -2.50. The summed E-state index contributed by atoms with van der Waals surface area (Å²) in [4.78, 5) is 12.2.